The Morgan fingerprint density at radius 3 is 1.33 bits per heavy atom. The van der Waals surface area contributed by atoms with Gasteiger partial charge in [0, 0.05) is 47.7 Å². The zero-order valence-electron chi connectivity index (χ0n) is 33.0. The van der Waals surface area contributed by atoms with Crippen molar-refractivity contribution in [3.05, 3.63) is 163 Å². The molecule has 5 aromatic carbocycles. The SMILES string of the molecule is COc1cc([N+](=O)[O-])cc2c1OC1(C=C2)N(Cc2ccc(CN3c4ccccc4C(C)(C)C34C=Cc3cc([N+](=O)[O-])cc(OC)c3O4)cc2)c2ccccc2C1(C)C. The second kappa shape index (κ2) is 12.9. The first-order chi connectivity index (χ1) is 27.7. The van der Waals surface area contributed by atoms with E-state index in [1.807, 2.05) is 48.6 Å². The Labute approximate surface area is 335 Å². The van der Waals surface area contributed by atoms with Crippen molar-refractivity contribution in [1.82, 2.24) is 0 Å². The molecular formula is C46H42N4O8. The van der Waals surface area contributed by atoms with Gasteiger partial charge in [0.2, 0.25) is 11.4 Å². The number of benzene rings is 5. The average molecular weight is 779 g/mol. The van der Waals surface area contributed by atoms with Gasteiger partial charge in [0.25, 0.3) is 11.4 Å². The normalized spacial score (nSPS) is 21.1. The molecule has 0 saturated heterocycles. The number of methoxy groups -OCH3 is 2. The summed E-state index contributed by atoms with van der Waals surface area (Å²) < 4.78 is 25.4. The zero-order valence-corrected chi connectivity index (χ0v) is 33.0. The Hall–Kier alpha value is -6.82. The van der Waals surface area contributed by atoms with Crippen LogP contribution in [0.25, 0.3) is 12.2 Å². The number of anilines is 2. The summed E-state index contributed by atoms with van der Waals surface area (Å²) in [6, 6.07) is 31.0. The summed E-state index contributed by atoms with van der Waals surface area (Å²) in [4.78, 5) is 27.1. The van der Waals surface area contributed by atoms with E-state index in [0.717, 1.165) is 33.6 Å². The lowest BCUT2D eigenvalue weighted by atomic mass is 9.76. The van der Waals surface area contributed by atoms with Crippen LogP contribution in [0.5, 0.6) is 23.0 Å². The fourth-order valence-corrected chi connectivity index (χ4v) is 9.36. The van der Waals surface area contributed by atoms with E-state index in [1.54, 1.807) is 0 Å². The van der Waals surface area contributed by atoms with Crippen LogP contribution in [0.2, 0.25) is 0 Å². The second-order valence-corrected chi connectivity index (χ2v) is 16.2. The molecule has 0 N–H and O–H groups in total. The van der Waals surface area contributed by atoms with E-state index >= 15 is 0 Å². The highest BCUT2D eigenvalue weighted by atomic mass is 16.6. The number of rotatable bonds is 8. The van der Waals surface area contributed by atoms with E-state index in [2.05, 4.69) is 86.0 Å². The lowest BCUT2D eigenvalue weighted by Crippen LogP contribution is -2.59. The minimum atomic E-state index is -0.981. The van der Waals surface area contributed by atoms with Crippen LogP contribution in [-0.4, -0.2) is 35.5 Å². The first-order valence-corrected chi connectivity index (χ1v) is 19.1. The standard InChI is InChI=1S/C46H42N4O8/c1-43(2)35-11-7-9-13-37(35)47(45(43)21-19-31-23-33(49(51)52)25-39(55-5)41(31)57-45)27-29-15-17-30(18-16-29)28-48-38-14-10-8-12-36(38)44(3,4)46(48)22-20-32-24-34(50(53)54)26-40(56-6)42(32)58-46/h7-26H,27-28H2,1-6H3. The summed E-state index contributed by atoms with van der Waals surface area (Å²) in [5, 5.41) is 23.5. The van der Waals surface area contributed by atoms with Crippen molar-refractivity contribution in [2.75, 3.05) is 24.0 Å². The van der Waals surface area contributed by atoms with Gasteiger partial charge in [-0.2, -0.15) is 0 Å². The monoisotopic (exact) mass is 778 g/mol. The van der Waals surface area contributed by atoms with Gasteiger partial charge in [-0.15, -0.1) is 0 Å². The highest BCUT2D eigenvalue weighted by Gasteiger charge is 2.60. The molecule has 4 aliphatic heterocycles. The van der Waals surface area contributed by atoms with E-state index < -0.39 is 32.1 Å². The number of nitro benzene ring substituents is 2. The summed E-state index contributed by atoms with van der Waals surface area (Å²) >= 11 is 0. The van der Waals surface area contributed by atoms with E-state index in [1.165, 1.54) is 38.5 Å². The van der Waals surface area contributed by atoms with E-state index in [0.29, 0.717) is 47.2 Å². The van der Waals surface area contributed by atoms with Crippen molar-refractivity contribution in [2.24, 2.45) is 0 Å². The molecule has 12 heteroatoms. The predicted octanol–water partition coefficient (Wildman–Crippen LogP) is 9.72. The molecule has 0 amide bonds. The van der Waals surface area contributed by atoms with Crippen molar-refractivity contribution in [3.63, 3.8) is 0 Å². The third-order valence-electron chi connectivity index (χ3n) is 12.5. The maximum Gasteiger partial charge on any atom is 0.274 e. The molecule has 0 radical (unpaired) electrons. The largest absolute Gasteiger partial charge is 0.493 e. The van der Waals surface area contributed by atoms with Gasteiger partial charge in [0.05, 0.1) is 47.0 Å². The summed E-state index contributed by atoms with van der Waals surface area (Å²) in [5.74, 6) is 1.51. The van der Waals surface area contributed by atoms with Gasteiger partial charge in [-0.3, -0.25) is 20.2 Å². The maximum absolute atomic E-state index is 11.7. The van der Waals surface area contributed by atoms with E-state index in [-0.39, 0.29) is 11.4 Å². The zero-order chi connectivity index (χ0) is 40.8. The summed E-state index contributed by atoms with van der Waals surface area (Å²) in [6.07, 6.45) is 7.84. The average Bonchev–Trinajstić information content (AvgIpc) is 3.51. The third kappa shape index (κ3) is 5.13. The molecule has 5 aromatic rings. The van der Waals surface area contributed by atoms with Gasteiger partial charge in [-0.05, 0) is 86.4 Å². The lowest BCUT2D eigenvalue weighted by molar-refractivity contribution is -0.385. The Morgan fingerprint density at radius 2 is 0.966 bits per heavy atom. The topological polar surface area (TPSA) is 130 Å². The number of non-ortho nitro benzene ring substituents is 2. The van der Waals surface area contributed by atoms with Gasteiger partial charge < -0.3 is 28.7 Å². The Kier molecular flexibility index (Phi) is 8.15. The van der Waals surface area contributed by atoms with Crippen LogP contribution in [0, 0.1) is 20.2 Å². The number of hydrogen-bond acceptors (Lipinski definition) is 10. The second-order valence-electron chi connectivity index (χ2n) is 16.2. The highest BCUT2D eigenvalue weighted by Crippen LogP contribution is 2.58. The van der Waals surface area contributed by atoms with Crippen LogP contribution >= 0.6 is 0 Å². The fraction of sp³-hybridized carbons (Fsp3) is 0.261. The molecule has 0 aliphatic carbocycles. The smallest absolute Gasteiger partial charge is 0.274 e. The molecule has 2 spiro atoms. The predicted molar refractivity (Wildman–Crippen MR) is 222 cm³/mol. The molecule has 0 bridgehead atoms. The molecule has 0 saturated carbocycles. The van der Waals surface area contributed by atoms with Crippen molar-refractivity contribution in [1.29, 1.82) is 0 Å². The number of nitrogens with zero attached hydrogens (tertiary/aromatic N) is 4. The van der Waals surface area contributed by atoms with Crippen LogP contribution in [0.4, 0.5) is 22.7 Å². The van der Waals surface area contributed by atoms with E-state index in [4.69, 9.17) is 18.9 Å². The first-order valence-electron chi connectivity index (χ1n) is 19.1. The van der Waals surface area contributed by atoms with Gasteiger partial charge >= 0.3 is 0 Å². The van der Waals surface area contributed by atoms with Gasteiger partial charge in [0.1, 0.15) is 0 Å². The van der Waals surface area contributed by atoms with Crippen LogP contribution in [0.3, 0.4) is 0 Å². The third-order valence-corrected chi connectivity index (χ3v) is 12.5. The highest BCUT2D eigenvalue weighted by molar-refractivity contribution is 5.77. The van der Waals surface area contributed by atoms with Gasteiger partial charge in [-0.25, -0.2) is 0 Å². The molecule has 9 rings (SSSR count). The van der Waals surface area contributed by atoms with Crippen molar-refractivity contribution in [2.45, 2.75) is 63.1 Å². The molecule has 2 atom stereocenters. The van der Waals surface area contributed by atoms with Crippen LogP contribution < -0.4 is 28.7 Å². The molecule has 4 aliphatic rings. The molecule has 4 heterocycles. The van der Waals surface area contributed by atoms with Crippen LogP contribution in [0.15, 0.2) is 109 Å². The van der Waals surface area contributed by atoms with E-state index in [9.17, 15) is 20.2 Å². The quantitative estimate of drug-likeness (QED) is 0.111. The molecule has 12 nitrogen and oxygen atoms in total. The molecule has 0 fully saturated rings. The molecule has 294 valence electrons. The lowest BCUT2D eigenvalue weighted by Gasteiger charge is -2.47. The fourth-order valence-electron chi connectivity index (χ4n) is 9.36. The minimum absolute atomic E-state index is 0.0699. The molecular weight excluding hydrogens is 737 g/mol. The summed E-state index contributed by atoms with van der Waals surface area (Å²) in [6.45, 7) is 9.64. The van der Waals surface area contributed by atoms with Crippen LogP contribution in [-0.2, 0) is 23.9 Å². The number of hydrogen-bond donors (Lipinski definition) is 0. The molecule has 58 heavy (non-hydrogen) atoms. The van der Waals surface area contributed by atoms with Crippen molar-refractivity contribution >= 4 is 34.9 Å². The molecule has 2 unspecified atom stereocenters. The Balaban J connectivity index is 1.06. The Morgan fingerprint density at radius 1 is 0.586 bits per heavy atom. The summed E-state index contributed by atoms with van der Waals surface area (Å²) in [5.41, 5.74) is 4.41. The Bertz CT molecular complexity index is 2420. The van der Waals surface area contributed by atoms with Gasteiger partial charge in [0.15, 0.2) is 23.0 Å². The number of para-hydroxylation sites is 2. The van der Waals surface area contributed by atoms with Crippen molar-refractivity contribution in [3.8, 4) is 23.0 Å². The minimum Gasteiger partial charge on any atom is -0.493 e. The number of ether oxygens (including phenoxy) is 4. The maximum atomic E-state index is 11.7. The molecule has 0 aromatic heterocycles. The first kappa shape index (κ1) is 36.8. The summed E-state index contributed by atoms with van der Waals surface area (Å²) in [7, 11) is 2.98. The number of fused-ring (bicyclic) bond motifs is 4. The van der Waals surface area contributed by atoms with Gasteiger partial charge in [-0.1, -0.05) is 60.7 Å². The van der Waals surface area contributed by atoms with Crippen LogP contribution in [0.1, 0.15) is 61.1 Å². The number of nitro groups is 2. The van der Waals surface area contributed by atoms with Crippen molar-refractivity contribution < 1.29 is 28.8 Å².